The molecule has 0 radical (unpaired) electrons. The highest BCUT2D eigenvalue weighted by molar-refractivity contribution is 5.97. The molecule has 0 aliphatic rings. The van der Waals surface area contributed by atoms with Gasteiger partial charge in [0.25, 0.3) is 5.91 Å². The SMILES string of the molecule is COc1ccc(C)cc1NC(=O)[C@@H](OC(=O)C[C@@H](C)c1ccccc1)c1ccccc1. The first-order chi connectivity index (χ1) is 15.0. The van der Waals surface area contributed by atoms with Crippen molar-refractivity contribution in [3.05, 3.63) is 95.6 Å². The second-order valence-electron chi connectivity index (χ2n) is 7.49. The lowest BCUT2D eigenvalue weighted by atomic mass is 9.98. The predicted octanol–water partition coefficient (Wildman–Crippen LogP) is 5.42. The fraction of sp³-hybridized carbons (Fsp3) is 0.231. The Labute approximate surface area is 183 Å². The highest BCUT2D eigenvalue weighted by Crippen LogP contribution is 2.28. The Morgan fingerprint density at radius 1 is 0.903 bits per heavy atom. The fourth-order valence-electron chi connectivity index (χ4n) is 3.35. The summed E-state index contributed by atoms with van der Waals surface area (Å²) in [6, 6.07) is 24.3. The molecule has 0 spiro atoms. The van der Waals surface area contributed by atoms with Crippen molar-refractivity contribution in [2.75, 3.05) is 12.4 Å². The van der Waals surface area contributed by atoms with E-state index in [2.05, 4.69) is 5.32 Å². The Kier molecular flexibility index (Phi) is 7.44. The number of benzene rings is 3. The third-order valence-electron chi connectivity index (χ3n) is 5.04. The molecule has 0 fully saturated rings. The van der Waals surface area contributed by atoms with Gasteiger partial charge < -0.3 is 14.8 Å². The summed E-state index contributed by atoms with van der Waals surface area (Å²) in [7, 11) is 1.54. The average molecular weight is 418 g/mol. The van der Waals surface area contributed by atoms with Crippen LogP contribution in [0.2, 0.25) is 0 Å². The number of anilines is 1. The zero-order valence-electron chi connectivity index (χ0n) is 18.0. The third kappa shape index (κ3) is 5.95. The molecular weight excluding hydrogens is 390 g/mol. The number of hydrogen-bond acceptors (Lipinski definition) is 4. The van der Waals surface area contributed by atoms with Gasteiger partial charge in [0.2, 0.25) is 6.10 Å². The maximum Gasteiger partial charge on any atom is 0.307 e. The Hall–Kier alpha value is -3.60. The minimum atomic E-state index is -1.07. The Balaban J connectivity index is 1.78. The number of amides is 1. The summed E-state index contributed by atoms with van der Waals surface area (Å²) in [6.07, 6.45) is -0.893. The van der Waals surface area contributed by atoms with E-state index in [1.54, 1.807) is 25.3 Å². The standard InChI is InChI=1S/C26H27NO4/c1-18-14-15-23(30-3)22(16-18)27-26(29)25(21-12-8-5-9-13-21)31-24(28)17-19(2)20-10-6-4-7-11-20/h4-16,19,25H,17H2,1-3H3,(H,27,29)/t19-,25+/m1/s1. The van der Waals surface area contributed by atoms with Crippen LogP contribution < -0.4 is 10.1 Å². The molecule has 0 unspecified atom stereocenters. The van der Waals surface area contributed by atoms with Gasteiger partial charge >= 0.3 is 5.97 Å². The maximum absolute atomic E-state index is 13.1. The molecular formula is C26H27NO4. The summed E-state index contributed by atoms with van der Waals surface area (Å²) >= 11 is 0. The summed E-state index contributed by atoms with van der Waals surface area (Å²) < 4.78 is 11.0. The summed E-state index contributed by atoms with van der Waals surface area (Å²) in [5.74, 6) is -0.354. The molecule has 0 saturated heterocycles. The number of ether oxygens (including phenoxy) is 2. The van der Waals surface area contributed by atoms with E-state index in [-0.39, 0.29) is 12.3 Å². The molecule has 0 heterocycles. The van der Waals surface area contributed by atoms with E-state index in [4.69, 9.17) is 9.47 Å². The number of nitrogens with one attached hydrogen (secondary N) is 1. The first-order valence-electron chi connectivity index (χ1n) is 10.2. The lowest BCUT2D eigenvalue weighted by Crippen LogP contribution is -2.26. The molecule has 1 N–H and O–H groups in total. The minimum absolute atomic E-state index is 0.0231. The van der Waals surface area contributed by atoms with Gasteiger partial charge in [0.15, 0.2) is 0 Å². The van der Waals surface area contributed by atoms with Crippen molar-refractivity contribution < 1.29 is 19.1 Å². The number of esters is 1. The predicted molar refractivity (Wildman–Crippen MR) is 121 cm³/mol. The summed E-state index contributed by atoms with van der Waals surface area (Å²) in [4.78, 5) is 25.9. The number of rotatable bonds is 8. The van der Waals surface area contributed by atoms with Crippen molar-refractivity contribution in [2.45, 2.75) is 32.3 Å². The molecule has 0 aliphatic heterocycles. The third-order valence-corrected chi connectivity index (χ3v) is 5.04. The van der Waals surface area contributed by atoms with E-state index < -0.39 is 18.0 Å². The number of carbonyl (C=O) groups excluding carboxylic acids is 2. The van der Waals surface area contributed by atoms with Crippen LogP contribution >= 0.6 is 0 Å². The van der Waals surface area contributed by atoms with E-state index in [0.717, 1.165) is 11.1 Å². The lowest BCUT2D eigenvalue weighted by molar-refractivity contribution is -0.155. The van der Waals surface area contributed by atoms with Crippen LogP contribution in [0.15, 0.2) is 78.9 Å². The first-order valence-corrected chi connectivity index (χ1v) is 10.2. The molecule has 0 aliphatic carbocycles. The van der Waals surface area contributed by atoms with Gasteiger partial charge in [-0.15, -0.1) is 0 Å². The molecule has 0 saturated carbocycles. The van der Waals surface area contributed by atoms with Gasteiger partial charge in [-0.2, -0.15) is 0 Å². The molecule has 3 rings (SSSR count). The number of carbonyl (C=O) groups is 2. The second-order valence-corrected chi connectivity index (χ2v) is 7.49. The lowest BCUT2D eigenvalue weighted by Gasteiger charge is -2.20. The maximum atomic E-state index is 13.1. The summed E-state index contributed by atoms with van der Waals surface area (Å²) in [6.45, 7) is 3.89. The highest BCUT2D eigenvalue weighted by atomic mass is 16.5. The molecule has 0 aromatic heterocycles. The van der Waals surface area contributed by atoms with Gasteiger partial charge in [0.05, 0.1) is 19.2 Å². The molecule has 2 atom stereocenters. The molecule has 0 bridgehead atoms. The summed E-state index contributed by atoms with van der Waals surface area (Å²) in [5.41, 5.74) is 3.15. The van der Waals surface area contributed by atoms with E-state index in [1.807, 2.05) is 74.5 Å². The van der Waals surface area contributed by atoms with E-state index >= 15 is 0 Å². The largest absolute Gasteiger partial charge is 0.495 e. The van der Waals surface area contributed by atoms with Crippen molar-refractivity contribution in [3.63, 3.8) is 0 Å². The van der Waals surface area contributed by atoms with Crippen LogP contribution in [-0.2, 0) is 14.3 Å². The van der Waals surface area contributed by atoms with Crippen LogP contribution in [0.5, 0.6) is 5.75 Å². The molecule has 1 amide bonds. The molecule has 3 aromatic carbocycles. The van der Waals surface area contributed by atoms with Gasteiger partial charge in [-0.3, -0.25) is 9.59 Å². The van der Waals surface area contributed by atoms with Crippen LogP contribution in [0.3, 0.4) is 0 Å². The van der Waals surface area contributed by atoms with Gasteiger partial charge in [-0.05, 0) is 36.1 Å². The fourth-order valence-corrected chi connectivity index (χ4v) is 3.35. The van der Waals surface area contributed by atoms with Crippen LogP contribution in [-0.4, -0.2) is 19.0 Å². The Morgan fingerprint density at radius 2 is 1.52 bits per heavy atom. The normalized spacial score (nSPS) is 12.5. The Bertz CT molecular complexity index is 1020. The number of aryl methyl sites for hydroxylation is 1. The van der Waals surface area contributed by atoms with Crippen molar-refractivity contribution >= 4 is 17.6 Å². The highest BCUT2D eigenvalue weighted by Gasteiger charge is 2.26. The van der Waals surface area contributed by atoms with Crippen LogP contribution in [0.4, 0.5) is 5.69 Å². The molecule has 3 aromatic rings. The van der Waals surface area contributed by atoms with Gasteiger partial charge in [0.1, 0.15) is 5.75 Å². The number of methoxy groups -OCH3 is 1. The van der Waals surface area contributed by atoms with Crippen molar-refractivity contribution in [1.82, 2.24) is 0 Å². The molecule has 31 heavy (non-hydrogen) atoms. The second kappa shape index (κ2) is 10.4. The summed E-state index contributed by atoms with van der Waals surface area (Å²) in [5, 5.41) is 2.85. The molecule has 5 heteroatoms. The van der Waals surface area contributed by atoms with Gasteiger partial charge in [-0.25, -0.2) is 0 Å². The zero-order chi connectivity index (χ0) is 22.2. The average Bonchev–Trinajstić information content (AvgIpc) is 2.78. The monoisotopic (exact) mass is 417 g/mol. The first kappa shape index (κ1) is 22.1. The quantitative estimate of drug-likeness (QED) is 0.497. The van der Waals surface area contributed by atoms with Crippen molar-refractivity contribution in [2.24, 2.45) is 0 Å². The van der Waals surface area contributed by atoms with E-state index in [0.29, 0.717) is 17.0 Å². The van der Waals surface area contributed by atoms with Gasteiger partial charge in [0, 0.05) is 5.56 Å². The van der Waals surface area contributed by atoms with Crippen molar-refractivity contribution in [3.8, 4) is 5.75 Å². The van der Waals surface area contributed by atoms with E-state index in [9.17, 15) is 9.59 Å². The van der Waals surface area contributed by atoms with Crippen LogP contribution in [0, 0.1) is 6.92 Å². The topological polar surface area (TPSA) is 64.6 Å². The van der Waals surface area contributed by atoms with Crippen LogP contribution in [0.1, 0.15) is 42.1 Å². The van der Waals surface area contributed by atoms with Gasteiger partial charge in [-0.1, -0.05) is 73.7 Å². The zero-order valence-corrected chi connectivity index (χ0v) is 18.0. The molecule has 160 valence electrons. The number of hydrogen-bond donors (Lipinski definition) is 1. The molecule has 5 nitrogen and oxygen atoms in total. The smallest absolute Gasteiger partial charge is 0.307 e. The van der Waals surface area contributed by atoms with Crippen LogP contribution in [0.25, 0.3) is 0 Å². The van der Waals surface area contributed by atoms with Crippen molar-refractivity contribution in [1.29, 1.82) is 0 Å². The Morgan fingerprint density at radius 3 is 2.13 bits per heavy atom. The van der Waals surface area contributed by atoms with E-state index in [1.165, 1.54) is 0 Å². The minimum Gasteiger partial charge on any atom is -0.495 e.